The van der Waals surface area contributed by atoms with E-state index in [2.05, 4.69) is 39.6 Å². The van der Waals surface area contributed by atoms with E-state index < -0.39 is 0 Å². The third kappa shape index (κ3) is 2.71. The standard InChI is InChI=1S/C15H22N4O/c1-2-16-14-9-12(5-7-17-14)19-8-6-13-11(10-19)3-4-15(20)18-13/h5,7,9,11,13H,2-4,6,8,10H2,1H3,(H,16,17)(H,18,20). The quantitative estimate of drug-likeness (QED) is 0.879. The largest absolute Gasteiger partial charge is 0.371 e. The summed E-state index contributed by atoms with van der Waals surface area (Å²) < 4.78 is 0. The van der Waals surface area contributed by atoms with E-state index in [4.69, 9.17) is 0 Å². The minimum atomic E-state index is 0.220. The molecule has 108 valence electrons. The number of nitrogens with one attached hydrogen (secondary N) is 2. The average molecular weight is 274 g/mol. The molecule has 0 aliphatic carbocycles. The summed E-state index contributed by atoms with van der Waals surface area (Å²) in [7, 11) is 0. The van der Waals surface area contributed by atoms with Crippen molar-refractivity contribution in [1.82, 2.24) is 10.3 Å². The molecule has 0 saturated carbocycles. The molecule has 3 rings (SSSR count). The van der Waals surface area contributed by atoms with Crippen molar-refractivity contribution in [3.05, 3.63) is 18.3 Å². The molecule has 0 spiro atoms. The Hall–Kier alpha value is -1.78. The Bertz CT molecular complexity index is 491. The van der Waals surface area contributed by atoms with Crippen molar-refractivity contribution in [3.63, 3.8) is 0 Å². The van der Waals surface area contributed by atoms with Gasteiger partial charge < -0.3 is 15.5 Å². The number of hydrogen-bond donors (Lipinski definition) is 2. The van der Waals surface area contributed by atoms with Crippen molar-refractivity contribution in [1.29, 1.82) is 0 Å². The van der Waals surface area contributed by atoms with Crippen molar-refractivity contribution < 1.29 is 4.79 Å². The normalized spacial score (nSPS) is 25.9. The second kappa shape index (κ2) is 5.69. The van der Waals surface area contributed by atoms with E-state index in [-0.39, 0.29) is 5.91 Å². The highest BCUT2D eigenvalue weighted by Gasteiger charge is 2.33. The van der Waals surface area contributed by atoms with E-state index in [0.29, 0.717) is 18.4 Å². The van der Waals surface area contributed by atoms with E-state index >= 15 is 0 Å². The first-order valence-electron chi connectivity index (χ1n) is 7.50. The maximum Gasteiger partial charge on any atom is 0.220 e. The van der Waals surface area contributed by atoms with E-state index in [1.807, 2.05) is 6.20 Å². The average Bonchev–Trinajstić information content (AvgIpc) is 2.47. The van der Waals surface area contributed by atoms with Crippen LogP contribution in [-0.4, -0.2) is 36.6 Å². The number of hydrogen-bond acceptors (Lipinski definition) is 4. The summed E-state index contributed by atoms with van der Waals surface area (Å²) in [6, 6.07) is 4.57. The highest BCUT2D eigenvalue weighted by Crippen LogP contribution is 2.29. The summed E-state index contributed by atoms with van der Waals surface area (Å²) in [5.41, 5.74) is 1.23. The van der Waals surface area contributed by atoms with Crippen molar-refractivity contribution in [3.8, 4) is 0 Å². The summed E-state index contributed by atoms with van der Waals surface area (Å²) in [6.45, 7) is 4.98. The molecule has 5 nitrogen and oxygen atoms in total. The van der Waals surface area contributed by atoms with E-state index in [9.17, 15) is 4.79 Å². The molecular formula is C15H22N4O. The molecule has 2 aliphatic rings. The Balaban J connectivity index is 1.69. The van der Waals surface area contributed by atoms with Crippen molar-refractivity contribution in [2.75, 3.05) is 29.9 Å². The number of nitrogens with zero attached hydrogens (tertiary/aromatic N) is 2. The first-order valence-corrected chi connectivity index (χ1v) is 7.50. The van der Waals surface area contributed by atoms with Crippen LogP contribution in [0.2, 0.25) is 0 Å². The Morgan fingerprint density at radius 2 is 2.40 bits per heavy atom. The zero-order chi connectivity index (χ0) is 13.9. The fourth-order valence-corrected chi connectivity index (χ4v) is 3.24. The van der Waals surface area contributed by atoms with Crippen LogP contribution in [0.5, 0.6) is 0 Å². The van der Waals surface area contributed by atoms with Crippen LogP contribution in [-0.2, 0) is 4.79 Å². The third-order valence-electron chi connectivity index (χ3n) is 4.29. The molecular weight excluding hydrogens is 252 g/mol. The second-order valence-corrected chi connectivity index (χ2v) is 5.64. The van der Waals surface area contributed by atoms with Crippen LogP contribution in [0.3, 0.4) is 0 Å². The summed E-state index contributed by atoms with van der Waals surface area (Å²) in [5, 5.41) is 6.39. The topological polar surface area (TPSA) is 57.3 Å². The lowest BCUT2D eigenvalue weighted by Crippen LogP contribution is -2.54. The van der Waals surface area contributed by atoms with Gasteiger partial charge in [0, 0.05) is 50.0 Å². The Labute approximate surface area is 119 Å². The van der Waals surface area contributed by atoms with Gasteiger partial charge in [-0.25, -0.2) is 4.98 Å². The fraction of sp³-hybridized carbons (Fsp3) is 0.600. The van der Waals surface area contributed by atoms with Crippen LogP contribution in [0.15, 0.2) is 18.3 Å². The number of carbonyl (C=O) groups excluding carboxylic acids is 1. The SMILES string of the molecule is CCNc1cc(N2CCC3NC(=O)CCC3C2)ccn1. The Kier molecular flexibility index (Phi) is 3.76. The lowest BCUT2D eigenvalue weighted by atomic mass is 9.85. The lowest BCUT2D eigenvalue weighted by Gasteiger charge is -2.42. The number of fused-ring (bicyclic) bond motifs is 1. The number of anilines is 2. The summed E-state index contributed by atoms with van der Waals surface area (Å²) in [5.74, 6) is 1.74. The molecule has 5 heteroatoms. The minimum absolute atomic E-state index is 0.220. The van der Waals surface area contributed by atoms with E-state index in [1.54, 1.807) is 0 Å². The fourth-order valence-electron chi connectivity index (χ4n) is 3.24. The van der Waals surface area contributed by atoms with Gasteiger partial charge in [0.15, 0.2) is 0 Å². The van der Waals surface area contributed by atoms with Gasteiger partial charge in [-0.15, -0.1) is 0 Å². The van der Waals surface area contributed by atoms with Crippen LogP contribution in [0.4, 0.5) is 11.5 Å². The first kappa shape index (κ1) is 13.2. The number of aromatic nitrogens is 1. The minimum Gasteiger partial charge on any atom is -0.371 e. The van der Waals surface area contributed by atoms with Gasteiger partial charge in [0.1, 0.15) is 5.82 Å². The molecule has 2 N–H and O–H groups in total. The molecule has 2 saturated heterocycles. The maximum atomic E-state index is 11.4. The zero-order valence-corrected chi connectivity index (χ0v) is 11.9. The van der Waals surface area contributed by atoms with Gasteiger partial charge in [-0.3, -0.25) is 4.79 Å². The van der Waals surface area contributed by atoms with Crippen LogP contribution in [0.1, 0.15) is 26.2 Å². The van der Waals surface area contributed by atoms with Crippen molar-refractivity contribution in [2.24, 2.45) is 5.92 Å². The predicted molar refractivity (Wildman–Crippen MR) is 79.9 cm³/mol. The van der Waals surface area contributed by atoms with Gasteiger partial charge in [0.2, 0.25) is 5.91 Å². The van der Waals surface area contributed by atoms with Crippen molar-refractivity contribution in [2.45, 2.75) is 32.2 Å². The maximum absolute atomic E-state index is 11.4. The summed E-state index contributed by atoms with van der Waals surface area (Å²) in [4.78, 5) is 18.2. The molecule has 2 aliphatic heterocycles. The summed E-state index contributed by atoms with van der Waals surface area (Å²) >= 11 is 0. The molecule has 2 unspecified atom stereocenters. The Morgan fingerprint density at radius 3 is 3.25 bits per heavy atom. The van der Waals surface area contributed by atoms with Crippen LogP contribution in [0, 0.1) is 5.92 Å². The van der Waals surface area contributed by atoms with Gasteiger partial charge in [0.25, 0.3) is 0 Å². The monoisotopic (exact) mass is 274 g/mol. The van der Waals surface area contributed by atoms with Crippen LogP contribution in [0.25, 0.3) is 0 Å². The zero-order valence-electron chi connectivity index (χ0n) is 11.9. The molecule has 3 heterocycles. The predicted octanol–water partition coefficient (Wildman–Crippen LogP) is 1.62. The van der Waals surface area contributed by atoms with Gasteiger partial charge >= 0.3 is 0 Å². The van der Waals surface area contributed by atoms with E-state index in [1.165, 1.54) is 5.69 Å². The number of piperidine rings is 2. The number of carbonyl (C=O) groups is 1. The van der Waals surface area contributed by atoms with E-state index in [0.717, 1.165) is 38.3 Å². The Morgan fingerprint density at radius 1 is 1.50 bits per heavy atom. The lowest BCUT2D eigenvalue weighted by molar-refractivity contribution is -0.124. The highest BCUT2D eigenvalue weighted by atomic mass is 16.1. The molecule has 1 aromatic heterocycles. The van der Waals surface area contributed by atoms with Crippen LogP contribution >= 0.6 is 0 Å². The number of pyridine rings is 1. The smallest absolute Gasteiger partial charge is 0.220 e. The molecule has 0 radical (unpaired) electrons. The molecule has 1 amide bonds. The molecule has 0 aromatic carbocycles. The van der Waals surface area contributed by atoms with Crippen LogP contribution < -0.4 is 15.5 Å². The molecule has 0 bridgehead atoms. The number of amides is 1. The summed E-state index contributed by atoms with van der Waals surface area (Å²) in [6.07, 6.45) is 4.59. The molecule has 20 heavy (non-hydrogen) atoms. The van der Waals surface area contributed by atoms with Gasteiger partial charge in [0.05, 0.1) is 0 Å². The first-order chi connectivity index (χ1) is 9.76. The van der Waals surface area contributed by atoms with Gasteiger partial charge in [-0.1, -0.05) is 0 Å². The molecule has 1 aromatic rings. The second-order valence-electron chi connectivity index (χ2n) is 5.64. The third-order valence-corrected chi connectivity index (χ3v) is 4.29. The number of rotatable bonds is 3. The van der Waals surface area contributed by atoms with Gasteiger partial charge in [-0.05, 0) is 31.7 Å². The van der Waals surface area contributed by atoms with Gasteiger partial charge in [-0.2, -0.15) is 0 Å². The highest BCUT2D eigenvalue weighted by molar-refractivity contribution is 5.77. The molecule has 2 atom stereocenters. The van der Waals surface area contributed by atoms with Crippen molar-refractivity contribution >= 4 is 17.4 Å². The molecule has 2 fully saturated rings.